The fourth-order valence-electron chi connectivity index (χ4n) is 11.4. The molecular weight excluding hydrogens is 845 g/mol. The van der Waals surface area contributed by atoms with E-state index in [-0.39, 0.29) is 10.8 Å². The molecule has 0 radical (unpaired) electrons. The second-order valence-corrected chi connectivity index (χ2v) is 19.5. The monoisotopic (exact) mass is 900 g/mol. The average Bonchev–Trinajstić information content (AvgIpc) is 3.96. The van der Waals surface area contributed by atoms with Crippen molar-refractivity contribution >= 4 is 43.6 Å². The van der Waals surface area contributed by atoms with E-state index in [2.05, 4.69) is 279 Å². The van der Waals surface area contributed by atoms with Crippen molar-refractivity contribution in [2.24, 2.45) is 0 Å². The Kier molecular flexibility index (Phi) is 10.7. The summed E-state index contributed by atoms with van der Waals surface area (Å²) in [6.07, 6.45) is 1.94. The second kappa shape index (κ2) is 17.4. The molecule has 338 valence electrons. The summed E-state index contributed by atoms with van der Waals surface area (Å²) in [5, 5.41) is 4.97. The van der Waals surface area contributed by atoms with Crippen LogP contribution < -0.4 is 0 Å². The van der Waals surface area contributed by atoms with Crippen molar-refractivity contribution in [2.75, 3.05) is 0 Å². The lowest BCUT2D eigenvalue weighted by Gasteiger charge is -2.32. The molecule has 0 bridgehead atoms. The molecule has 70 heavy (non-hydrogen) atoms. The van der Waals surface area contributed by atoms with Crippen molar-refractivity contribution in [1.29, 1.82) is 0 Å². The summed E-state index contributed by atoms with van der Waals surface area (Å²) < 4.78 is 5.05. The van der Waals surface area contributed by atoms with Crippen LogP contribution in [0.1, 0.15) is 62.8 Å². The fourth-order valence-corrected chi connectivity index (χ4v) is 11.4. The highest BCUT2D eigenvalue weighted by Crippen LogP contribution is 2.45. The lowest BCUT2D eigenvalue weighted by molar-refractivity contribution is 0.549. The van der Waals surface area contributed by atoms with Gasteiger partial charge in [-0.15, -0.1) is 0 Å². The summed E-state index contributed by atoms with van der Waals surface area (Å²) >= 11 is 0. The lowest BCUT2D eigenvalue weighted by atomic mass is 9.72. The summed E-state index contributed by atoms with van der Waals surface area (Å²) in [7, 11) is 0. The van der Waals surface area contributed by atoms with Crippen molar-refractivity contribution in [2.45, 2.75) is 51.4 Å². The minimum absolute atomic E-state index is 0.141. The Morgan fingerprint density at radius 2 is 0.771 bits per heavy atom. The first-order chi connectivity index (χ1) is 34.4. The van der Waals surface area contributed by atoms with E-state index in [9.17, 15) is 0 Å². The largest absolute Gasteiger partial charge is 0.309 e. The van der Waals surface area contributed by atoms with Crippen LogP contribution in [0.3, 0.4) is 0 Å². The van der Waals surface area contributed by atoms with E-state index in [1.165, 1.54) is 99.2 Å². The quantitative estimate of drug-likeness (QED) is 0.122. The topological polar surface area (TPSA) is 9.86 Å². The molecule has 2 unspecified atom stereocenters. The molecule has 0 fully saturated rings. The fraction of sp³-hybridized carbons (Fsp3) is 0.118. The van der Waals surface area contributed by atoms with Crippen molar-refractivity contribution < 1.29 is 0 Å². The molecule has 2 aromatic heterocycles. The van der Waals surface area contributed by atoms with E-state index in [1.54, 1.807) is 0 Å². The Morgan fingerprint density at radius 1 is 0.300 bits per heavy atom. The first-order valence-electron chi connectivity index (χ1n) is 25.0. The van der Waals surface area contributed by atoms with Crippen LogP contribution in [0.25, 0.3) is 88.4 Å². The molecule has 0 aliphatic rings. The van der Waals surface area contributed by atoms with Crippen LogP contribution >= 0.6 is 0 Å². The van der Waals surface area contributed by atoms with Gasteiger partial charge in [0, 0.05) is 43.7 Å². The number of aromatic nitrogens is 2. The van der Waals surface area contributed by atoms with Gasteiger partial charge >= 0.3 is 0 Å². The van der Waals surface area contributed by atoms with Crippen LogP contribution in [0.4, 0.5) is 0 Å². The molecule has 0 spiro atoms. The highest BCUT2D eigenvalue weighted by molar-refractivity contribution is 6.26. The molecule has 0 N–H and O–H groups in total. The maximum Gasteiger partial charge on any atom is 0.0641 e. The van der Waals surface area contributed by atoms with Gasteiger partial charge in [0.2, 0.25) is 0 Å². The summed E-state index contributed by atoms with van der Waals surface area (Å²) in [5.41, 5.74) is 19.2. The van der Waals surface area contributed by atoms with Crippen LogP contribution in [0.2, 0.25) is 0 Å². The van der Waals surface area contributed by atoms with E-state index >= 15 is 0 Å². The van der Waals surface area contributed by atoms with Crippen molar-refractivity contribution in [3.8, 4) is 44.8 Å². The minimum atomic E-state index is -0.249. The molecule has 2 heterocycles. The van der Waals surface area contributed by atoms with E-state index in [0.717, 1.165) is 24.2 Å². The number of para-hydroxylation sites is 2. The van der Waals surface area contributed by atoms with E-state index < -0.39 is 0 Å². The Balaban J connectivity index is 1.11. The zero-order valence-corrected chi connectivity index (χ0v) is 40.4. The molecule has 0 aliphatic heterocycles. The molecule has 12 rings (SSSR count). The standard InChI is InChI=1S/C68H56N2/c1-5-67(3,53-29-12-8-13-30-53)55-33-21-27-50(42-55)52-43-56(68(4,6-2)54-31-14-9-15-32-54)46-58(45-52)70-62-37-18-16-35-59(62)60-39-40-64-65(66(60)70)61-36-17-19-38-63(61)69(64)57-34-22-28-51(44-57)49-26-20-25-48(41-49)47-23-10-7-11-24-47/h7-46H,5-6H2,1-4H3. The predicted molar refractivity (Wildman–Crippen MR) is 298 cm³/mol. The summed E-state index contributed by atoms with van der Waals surface area (Å²) in [5.74, 6) is 0. The molecule has 2 nitrogen and oxygen atoms in total. The van der Waals surface area contributed by atoms with Gasteiger partial charge in [-0.25, -0.2) is 0 Å². The SMILES string of the molecule is CCC(C)(c1ccccc1)c1cccc(-c2cc(-n3c4ccccc4c4ccc5c(c6ccccc6n5-c5cccc(-c6cccc(-c7ccccc7)c6)c5)c43)cc(C(C)(CC)c3ccccc3)c2)c1. The van der Waals surface area contributed by atoms with E-state index in [1.807, 2.05) is 0 Å². The average molecular weight is 901 g/mol. The molecule has 0 saturated carbocycles. The molecular formula is C68H56N2. The molecule has 10 aromatic carbocycles. The highest BCUT2D eigenvalue weighted by Gasteiger charge is 2.31. The Labute approximate surface area is 411 Å². The first kappa shape index (κ1) is 43.1. The molecule has 12 aromatic rings. The number of hydrogen-bond acceptors (Lipinski definition) is 0. The van der Waals surface area contributed by atoms with Gasteiger partial charge < -0.3 is 9.13 Å². The molecule has 2 atom stereocenters. The van der Waals surface area contributed by atoms with E-state index in [0.29, 0.717) is 0 Å². The van der Waals surface area contributed by atoms with Crippen LogP contribution in [0.5, 0.6) is 0 Å². The normalized spacial score (nSPS) is 13.5. The summed E-state index contributed by atoms with van der Waals surface area (Å²) in [6, 6.07) is 90.2. The van der Waals surface area contributed by atoms with E-state index in [4.69, 9.17) is 0 Å². The maximum absolute atomic E-state index is 2.58. The van der Waals surface area contributed by atoms with Gasteiger partial charge in [0.15, 0.2) is 0 Å². The zero-order valence-electron chi connectivity index (χ0n) is 40.4. The van der Waals surface area contributed by atoms with Crippen molar-refractivity contribution in [1.82, 2.24) is 9.13 Å². The van der Waals surface area contributed by atoms with Crippen LogP contribution in [-0.2, 0) is 10.8 Å². The number of nitrogens with zero attached hydrogens (tertiary/aromatic N) is 2. The summed E-state index contributed by atoms with van der Waals surface area (Å²) in [6.45, 7) is 9.47. The lowest BCUT2D eigenvalue weighted by Crippen LogP contribution is -2.23. The van der Waals surface area contributed by atoms with Crippen LogP contribution in [0, 0.1) is 0 Å². The maximum atomic E-state index is 2.58. The summed E-state index contributed by atoms with van der Waals surface area (Å²) in [4.78, 5) is 0. The molecule has 0 saturated heterocycles. The van der Waals surface area contributed by atoms with Gasteiger partial charge in [-0.05, 0) is 117 Å². The number of rotatable bonds is 11. The van der Waals surface area contributed by atoms with Crippen LogP contribution in [0.15, 0.2) is 243 Å². The smallest absolute Gasteiger partial charge is 0.0641 e. The number of hydrogen-bond donors (Lipinski definition) is 0. The molecule has 0 aliphatic carbocycles. The van der Waals surface area contributed by atoms with Crippen molar-refractivity contribution in [3.63, 3.8) is 0 Å². The molecule has 0 amide bonds. The van der Waals surface area contributed by atoms with Gasteiger partial charge in [0.05, 0.1) is 22.1 Å². The Bertz CT molecular complexity index is 3880. The third-order valence-electron chi connectivity index (χ3n) is 15.8. The van der Waals surface area contributed by atoms with Crippen molar-refractivity contribution in [3.05, 3.63) is 265 Å². The molecule has 2 heteroatoms. The highest BCUT2D eigenvalue weighted by atomic mass is 15.0. The predicted octanol–water partition coefficient (Wildman–Crippen LogP) is 18.3. The van der Waals surface area contributed by atoms with Crippen LogP contribution in [-0.4, -0.2) is 9.13 Å². The third-order valence-corrected chi connectivity index (χ3v) is 15.8. The Morgan fingerprint density at radius 3 is 1.44 bits per heavy atom. The minimum Gasteiger partial charge on any atom is -0.309 e. The van der Waals surface area contributed by atoms with Gasteiger partial charge in [-0.1, -0.05) is 222 Å². The zero-order chi connectivity index (χ0) is 47.4. The van der Waals surface area contributed by atoms with Gasteiger partial charge in [-0.3, -0.25) is 0 Å². The Hall–Kier alpha value is -8.20. The van der Waals surface area contributed by atoms with Gasteiger partial charge in [0.25, 0.3) is 0 Å². The second-order valence-electron chi connectivity index (χ2n) is 19.5. The number of benzene rings is 10. The number of fused-ring (bicyclic) bond motifs is 7. The first-order valence-corrected chi connectivity index (χ1v) is 25.0. The third kappa shape index (κ3) is 7.09. The van der Waals surface area contributed by atoms with Gasteiger partial charge in [-0.2, -0.15) is 0 Å². The van der Waals surface area contributed by atoms with Gasteiger partial charge in [0.1, 0.15) is 0 Å².